The van der Waals surface area contributed by atoms with Gasteiger partial charge < -0.3 is 14.0 Å². The van der Waals surface area contributed by atoms with Crippen molar-refractivity contribution < 1.29 is 14.3 Å². The van der Waals surface area contributed by atoms with Gasteiger partial charge in [0.1, 0.15) is 5.75 Å². The third-order valence-corrected chi connectivity index (χ3v) is 4.49. The van der Waals surface area contributed by atoms with Crippen LogP contribution in [0.2, 0.25) is 0 Å². The molecule has 0 aliphatic carbocycles. The molecule has 0 spiro atoms. The highest BCUT2D eigenvalue weighted by molar-refractivity contribution is 9.10. The van der Waals surface area contributed by atoms with Crippen LogP contribution in [-0.4, -0.2) is 35.3 Å². The van der Waals surface area contributed by atoms with E-state index in [4.69, 9.17) is 9.47 Å². The van der Waals surface area contributed by atoms with E-state index in [1.54, 1.807) is 12.1 Å². The summed E-state index contributed by atoms with van der Waals surface area (Å²) in [5.41, 5.74) is 1.83. The number of imidazole rings is 1. The van der Waals surface area contributed by atoms with Gasteiger partial charge in [-0.1, -0.05) is 28.1 Å². The molecule has 27 heavy (non-hydrogen) atoms. The molecule has 0 aliphatic rings. The Kier molecular flexibility index (Phi) is 6.84. The number of halogens is 1. The molecule has 1 N–H and O–H groups in total. The highest BCUT2D eigenvalue weighted by Crippen LogP contribution is 2.20. The number of carbonyl (C=O) groups excluding carboxylic acids is 1. The Labute approximate surface area is 166 Å². The Morgan fingerprint density at radius 3 is 2.74 bits per heavy atom. The molecule has 2 aromatic carbocycles. The van der Waals surface area contributed by atoms with Crippen LogP contribution in [0.1, 0.15) is 13.3 Å². The van der Waals surface area contributed by atoms with E-state index in [1.807, 2.05) is 47.9 Å². The zero-order valence-corrected chi connectivity index (χ0v) is 16.7. The SMILES string of the molecule is CCOCCCn1c(NC(=O)COc2ccc(Br)cc2)nc2ccccc21. The highest BCUT2D eigenvalue weighted by atomic mass is 79.9. The largest absolute Gasteiger partial charge is 0.484 e. The van der Waals surface area contributed by atoms with Crippen LogP contribution in [-0.2, 0) is 16.1 Å². The first kappa shape index (κ1) is 19.4. The van der Waals surface area contributed by atoms with E-state index in [0.717, 1.165) is 21.9 Å². The van der Waals surface area contributed by atoms with Crippen LogP contribution in [0.3, 0.4) is 0 Å². The smallest absolute Gasteiger partial charge is 0.264 e. The molecule has 0 saturated carbocycles. The standard InChI is InChI=1S/C20H22BrN3O3/c1-2-26-13-5-12-24-18-7-4-3-6-17(18)22-20(24)23-19(25)14-27-16-10-8-15(21)9-11-16/h3-4,6-11H,2,5,12-14H2,1H3,(H,22,23,25). The molecule has 0 fully saturated rings. The van der Waals surface area contributed by atoms with Crippen molar-refractivity contribution in [1.82, 2.24) is 9.55 Å². The first-order valence-electron chi connectivity index (χ1n) is 8.88. The Hall–Kier alpha value is -2.38. The molecule has 7 heteroatoms. The number of aromatic nitrogens is 2. The van der Waals surface area contributed by atoms with Gasteiger partial charge >= 0.3 is 0 Å². The quantitative estimate of drug-likeness (QED) is 0.514. The van der Waals surface area contributed by atoms with Gasteiger partial charge in [-0.15, -0.1) is 0 Å². The maximum absolute atomic E-state index is 12.3. The van der Waals surface area contributed by atoms with Crippen LogP contribution in [0.5, 0.6) is 5.75 Å². The molecule has 3 aromatic rings. The topological polar surface area (TPSA) is 65.4 Å². The van der Waals surface area contributed by atoms with Gasteiger partial charge in [0.2, 0.25) is 5.95 Å². The third-order valence-electron chi connectivity index (χ3n) is 3.96. The number of ether oxygens (including phenoxy) is 2. The molecule has 1 aromatic heterocycles. The van der Waals surface area contributed by atoms with Crippen LogP contribution in [0.4, 0.5) is 5.95 Å². The number of rotatable bonds is 9. The number of amides is 1. The number of para-hydroxylation sites is 2. The van der Waals surface area contributed by atoms with Crippen molar-refractivity contribution in [2.75, 3.05) is 25.1 Å². The first-order valence-corrected chi connectivity index (χ1v) is 9.68. The predicted octanol–water partition coefficient (Wildman–Crippen LogP) is 4.24. The molecule has 0 aliphatic heterocycles. The lowest BCUT2D eigenvalue weighted by Crippen LogP contribution is -2.22. The lowest BCUT2D eigenvalue weighted by molar-refractivity contribution is -0.118. The average Bonchev–Trinajstić information content (AvgIpc) is 3.02. The van der Waals surface area contributed by atoms with Crippen molar-refractivity contribution in [3.8, 4) is 5.75 Å². The zero-order chi connectivity index (χ0) is 19.1. The maximum atomic E-state index is 12.3. The van der Waals surface area contributed by atoms with Crippen molar-refractivity contribution in [1.29, 1.82) is 0 Å². The number of fused-ring (bicyclic) bond motifs is 1. The molecule has 0 saturated heterocycles. The molecule has 0 radical (unpaired) electrons. The van der Waals surface area contributed by atoms with Gasteiger partial charge in [0, 0.05) is 24.2 Å². The van der Waals surface area contributed by atoms with E-state index >= 15 is 0 Å². The van der Waals surface area contributed by atoms with Crippen molar-refractivity contribution in [3.05, 3.63) is 53.0 Å². The van der Waals surface area contributed by atoms with Gasteiger partial charge in [0.05, 0.1) is 11.0 Å². The van der Waals surface area contributed by atoms with Crippen LogP contribution in [0.25, 0.3) is 11.0 Å². The number of nitrogens with one attached hydrogen (secondary N) is 1. The molecule has 0 unspecified atom stereocenters. The summed E-state index contributed by atoms with van der Waals surface area (Å²) in [6.07, 6.45) is 0.840. The fourth-order valence-electron chi connectivity index (χ4n) is 2.71. The van der Waals surface area contributed by atoms with Gasteiger partial charge in [-0.05, 0) is 49.7 Å². The van der Waals surface area contributed by atoms with E-state index in [-0.39, 0.29) is 12.5 Å². The van der Waals surface area contributed by atoms with Crippen molar-refractivity contribution in [3.63, 3.8) is 0 Å². The summed E-state index contributed by atoms with van der Waals surface area (Å²) in [7, 11) is 0. The molecular formula is C20H22BrN3O3. The Morgan fingerprint density at radius 1 is 1.19 bits per heavy atom. The van der Waals surface area contributed by atoms with E-state index in [1.165, 1.54) is 0 Å². The monoisotopic (exact) mass is 431 g/mol. The highest BCUT2D eigenvalue weighted by Gasteiger charge is 2.13. The number of nitrogens with zero attached hydrogens (tertiary/aromatic N) is 2. The van der Waals surface area contributed by atoms with Gasteiger partial charge in [-0.3, -0.25) is 10.1 Å². The van der Waals surface area contributed by atoms with E-state index in [0.29, 0.717) is 31.5 Å². The van der Waals surface area contributed by atoms with E-state index < -0.39 is 0 Å². The van der Waals surface area contributed by atoms with Crippen LogP contribution >= 0.6 is 15.9 Å². The van der Waals surface area contributed by atoms with Gasteiger partial charge in [0.15, 0.2) is 6.61 Å². The number of carbonyl (C=O) groups is 1. The summed E-state index contributed by atoms with van der Waals surface area (Å²) in [5.74, 6) is 0.912. The van der Waals surface area contributed by atoms with Gasteiger partial charge in [-0.25, -0.2) is 4.98 Å². The minimum absolute atomic E-state index is 0.0796. The molecule has 1 heterocycles. The lowest BCUT2D eigenvalue weighted by atomic mass is 10.3. The maximum Gasteiger partial charge on any atom is 0.264 e. The van der Waals surface area contributed by atoms with Crippen molar-refractivity contribution >= 4 is 38.8 Å². The molecule has 6 nitrogen and oxygen atoms in total. The fraction of sp³-hybridized carbons (Fsp3) is 0.300. The third kappa shape index (κ3) is 5.30. The molecular weight excluding hydrogens is 410 g/mol. The van der Waals surface area contributed by atoms with E-state index in [2.05, 4.69) is 26.2 Å². The van der Waals surface area contributed by atoms with E-state index in [9.17, 15) is 4.79 Å². The normalized spacial score (nSPS) is 10.9. The van der Waals surface area contributed by atoms with Crippen molar-refractivity contribution in [2.45, 2.75) is 19.9 Å². The minimum Gasteiger partial charge on any atom is -0.484 e. The number of benzene rings is 2. The van der Waals surface area contributed by atoms with Crippen molar-refractivity contribution in [2.24, 2.45) is 0 Å². The minimum atomic E-state index is -0.251. The Bertz CT molecular complexity index is 893. The number of hydrogen-bond donors (Lipinski definition) is 1. The number of aryl methyl sites for hydroxylation is 1. The Morgan fingerprint density at radius 2 is 1.96 bits per heavy atom. The molecule has 0 bridgehead atoms. The van der Waals surface area contributed by atoms with Gasteiger partial charge in [0.25, 0.3) is 5.91 Å². The summed E-state index contributed by atoms with van der Waals surface area (Å²) in [6, 6.07) is 15.2. The zero-order valence-electron chi connectivity index (χ0n) is 15.2. The number of anilines is 1. The summed E-state index contributed by atoms with van der Waals surface area (Å²) >= 11 is 3.37. The van der Waals surface area contributed by atoms with Crippen LogP contribution < -0.4 is 10.1 Å². The van der Waals surface area contributed by atoms with Crippen LogP contribution in [0, 0.1) is 0 Å². The summed E-state index contributed by atoms with van der Waals surface area (Å²) in [4.78, 5) is 16.9. The van der Waals surface area contributed by atoms with Gasteiger partial charge in [-0.2, -0.15) is 0 Å². The summed E-state index contributed by atoms with van der Waals surface area (Å²) < 4.78 is 13.9. The fourth-order valence-corrected chi connectivity index (χ4v) is 2.97. The lowest BCUT2D eigenvalue weighted by Gasteiger charge is -2.11. The summed E-state index contributed by atoms with van der Waals surface area (Å²) in [5, 5.41) is 2.86. The second kappa shape index (κ2) is 9.53. The van der Waals surface area contributed by atoms with Crippen LogP contribution in [0.15, 0.2) is 53.0 Å². The second-order valence-electron chi connectivity index (χ2n) is 5.92. The summed E-state index contributed by atoms with van der Waals surface area (Å²) in [6.45, 7) is 3.97. The molecule has 1 amide bonds. The molecule has 0 atom stereocenters. The Balaban J connectivity index is 1.67. The average molecular weight is 432 g/mol. The first-order chi connectivity index (χ1) is 13.2. The molecule has 142 valence electrons. The number of hydrogen-bond acceptors (Lipinski definition) is 4. The molecule has 3 rings (SSSR count). The second-order valence-corrected chi connectivity index (χ2v) is 6.83. The predicted molar refractivity (Wildman–Crippen MR) is 109 cm³/mol.